The second-order valence-electron chi connectivity index (χ2n) is 5.63. The first-order chi connectivity index (χ1) is 10.2. The summed E-state index contributed by atoms with van der Waals surface area (Å²) in [4.78, 5) is 0. The van der Waals surface area contributed by atoms with E-state index in [0.29, 0.717) is 0 Å². The zero-order valence-corrected chi connectivity index (χ0v) is 13.6. The summed E-state index contributed by atoms with van der Waals surface area (Å²) in [5.74, 6) is 1.73. The van der Waals surface area contributed by atoms with Crippen LogP contribution >= 0.6 is 0 Å². The van der Waals surface area contributed by atoms with Crippen LogP contribution in [0.5, 0.6) is 11.5 Å². The average molecular weight is 293 g/mol. The van der Waals surface area contributed by atoms with Crippen LogP contribution in [0.1, 0.15) is 44.2 Å². The number of nitrogens with one attached hydrogen (secondary N) is 1. The zero-order valence-electron chi connectivity index (χ0n) is 13.6. The molecule has 4 nitrogen and oxygen atoms in total. The maximum atomic E-state index is 5.80. The SMILES string of the molecule is CCNC(CC1(OC)CCC1)c1c(OC)cccc1OC. The lowest BCUT2D eigenvalue weighted by Crippen LogP contribution is -2.43. The molecule has 1 aromatic rings. The van der Waals surface area contributed by atoms with Crippen molar-refractivity contribution >= 4 is 0 Å². The van der Waals surface area contributed by atoms with Gasteiger partial charge in [-0.2, -0.15) is 0 Å². The van der Waals surface area contributed by atoms with Crippen LogP contribution in [0.15, 0.2) is 18.2 Å². The predicted octanol–water partition coefficient (Wildman–Crippen LogP) is 3.31. The predicted molar refractivity (Wildman–Crippen MR) is 84.2 cm³/mol. The first kappa shape index (κ1) is 16.1. The standard InChI is InChI=1S/C17H27NO3/c1-5-18-13(12-17(21-4)10-7-11-17)16-14(19-2)8-6-9-15(16)20-3/h6,8-9,13,18H,5,7,10-12H2,1-4H3. The highest BCUT2D eigenvalue weighted by Gasteiger charge is 2.40. The van der Waals surface area contributed by atoms with Crippen LogP contribution in [0.4, 0.5) is 0 Å². The van der Waals surface area contributed by atoms with Crippen LogP contribution in [0.2, 0.25) is 0 Å². The molecular weight excluding hydrogens is 266 g/mol. The van der Waals surface area contributed by atoms with Gasteiger partial charge < -0.3 is 19.5 Å². The number of rotatable bonds is 8. The van der Waals surface area contributed by atoms with Gasteiger partial charge in [-0.15, -0.1) is 0 Å². The van der Waals surface area contributed by atoms with Gasteiger partial charge in [0.05, 0.1) is 25.4 Å². The Labute approximate surface area is 127 Å². The van der Waals surface area contributed by atoms with E-state index >= 15 is 0 Å². The molecule has 0 aromatic heterocycles. The van der Waals surface area contributed by atoms with Gasteiger partial charge in [-0.25, -0.2) is 0 Å². The number of ether oxygens (including phenoxy) is 3. The Morgan fingerprint density at radius 3 is 2.14 bits per heavy atom. The van der Waals surface area contributed by atoms with Crippen molar-refractivity contribution in [3.63, 3.8) is 0 Å². The highest BCUT2D eigenvalue weighted by atomic mass is 16.5. The molecular formula is C17H27NO3. The van der Waals surface area contributed by atoms with Crippen LogP contribution in [-0.2, 0) is 4.74 Å². The number of hydrogen-bond acceptors (Lipinski definition) is 4. The minimum atomic E-state index is -0.00129. The van der Waals surface area contributed by atoms with Crippen LogP contribution in [0, 0.1) is 0 Å². The number of benzene rings is 1. The van der Waals surface area contributed by atoms with Gasteiger partial charge >= 0.3 is 0 Å². The highest BCUT2D eigenvalue weighted by Crippen LogP contribution is 2.45. The monoisotopic (exact) mass is 293 g/mol. The van der Waals surface area contributed by atoms with E-state index in [1.165, 1.54) is 6.42 Å². The van der Waals surface area contributed by atoms with Gasteiger partial charge in [0.2, 0.25) is 0 Å². The second kappa shape index (κ2) is 7.14. The molecule has 2 rings (SSSR count). The van der Waals surface area contributed by atoms with Crippen molar-refractivity contribution in [3.05, 3.63) is 23.8 Å². The average Bonchev–Trinajstić information content (AvgIpc) is 2.49. The Balaban J connectivity index is 2.33. The lowest BCUT2D eigenvalue weighted by atomic mass is 9.74. The summed E-state index contributed by atoms with van der Waals surface area (Å²) in [5, 5.41) is 3.57. The third-order valence-electron chi connectivity index (χ3n) is 4.54. The van der Waals surface area contributed by atoms with Crippen LogP contribution in [0.25, 0.3) is 0 Å². The van der Waals surface area contributed by atoms with E-state index in [2.05, 4.69) is 12.2 Å². The van der Waals surface area contributed by atoms with Crippen LogP contribution in [0.3, 0.4) is 0 Å². The topological polar surface area (TPSA) is 39.7 Å². The van der Waals surface area contributed by atoms with Crippen molar-refractivity contribution in [2.45, 2.75) is 44.2 Å². The van der Waals surface area contributed by atoms with E-state index in [0.717, 1.165) is 42.9 Å². The lowest BCUT2D eigenvalue weighted by molar-refractivity contribution is -0.0839. The summed E-state index contributed by atoms with van der Waals surface area (Å²) in [7, 11) is 5.23. The third-order valence-corrected chi connectivity index (χ3v) is 4.54. The molecule has 21 heavy (non-hydrogen) atoms. The Morgan fingerprint density at radius 1 is 1.14 bits per heavy atom. The van der Waals surface area contributed by atoms with Crippen molar-refractivity contribution in [2.75, 3.05) is 27.9 Å². The first-order valence-corrected chi connectivity index (χ1v) is 7.69. The Bertz CT molecular complexity index is 430. The molecule has 0 aliphatic heterocycles. The number of methoxy groups -OCH3 is 3. The minimum Gasteiger partial charge on any atom is -0.496 e. The Hall–Kier alpha value is -1.26. The van der Waals surface area contributed by atoms with Crippen molar-refractivity contribution in [2.24, 2.45) is 0 Å². The lowest BCUT2D eigenvalue weighted by Gasteiger charge is -2.43. The fourth-order valence-corrected chi connectivity index (χ4v) is 3.18. The molecule has 1 aliphatic rings. The van der Waals surface area contributed by atoms with Crippen molar-refractivity contribution < 1.29 is 14.2 Å². The van der Waals surface area contributed by atoms with Gasteiger partial charge in [0.25, 0.3) is 0 Å². The molecule has 4 heteroatoms. The molecule has 0 spiro atoms. The van der Waals surface area contributed by atoms with Crippen molar-refractivity contribution in [1.82, 2.24) is 5.32 Å². The molecule has 118 valence electrons. The molecule has 0 radical (unpaired) electrons. The molecule has 1 aromatic carbocycles. The largest absolute Gasteiger partial charge is 0.496 e. The van der Waals surface area contributed by atoms with Gasteiger partial charge in [-0.05, 0) is 44.4 Å². The maximum absolute atomic E-state index is 5.80. The molecule has 0 saturated heterocycles. The molecule has 0 heterocycles. The molecule has 1 aliphatic carbocycles. The first-order valence-electron chi connectivity index (χ1n) is 7.69. The quantitative estimate of drug-likeness (QED) is 0.798. The van der Waals surface area contributed by atoms with Gasteiger partial charge in [-0.1, -0.05) is 13.0 Å². The van der Waals surface area contributed by atoms with E-state index < -0.39 is 0 Å². The molecule has 1 unspecified atom stereocenters. The molecule has 1 N–H and O–H groups in total. The summed E-state index contributed by atoms with van der Waals surface area (Å²) in [6.07, 6.45) is 4.44. The Kier molecular flexibility index (Phi) is 5.48. The summed E-state index contributed by atoms with van der Waals surface area (Å²) < 4.78 is 16.9. The van der Waals surface area contributed by atoms with E-state index in [4.69, 9.17) is 14.2 Å². The summed E-state index contributed by atoms with van der Waals surface area (Å²) in [6.45, 7) is 3.01. The molecule has 0 amide bonds. The normalized spacial score (nSPS) is 17.9. The fraction of sp³-hybridized carbons (Fsp3) is 0.647. The Morgan fingerprint density at radius 2 is 1.76 bits per heavy atom. The van der Waals surface area contributed by atoms with Crippen LogP contribution < -0.4 is 14.8 Å². The van der Waals surface area contributed by atoms with E-state index in [-0.39, 0.29) is 11.6 Å². The fourth-order valence-electron chi connectivity index (χ4n) is 3.18. The van der Waals surface area contributed by atoms with Gasteiger partial charge in [0.15, 0.2) is 0 Å². The van der Waals surface area contributed by atoms with Gasteiger partial charge in [0, 0.05) is 13.2 Å². The van der Waals surface area contributed by atoms with E-state index in [1.54, 1.807) is 14.2 Å². The van der Waals surface area contributed by atoms with Gasteiger partial charge in [-0.3, -0.25) is 0 Å². The molecule has 1 saturated carbocycles. The molecule has 1 atom stereocenters. The smallest absolute Gasteiger partial charge is 0.127 e. The molecule has 0 bridgehead atoms. The molecule has 1 fully saturated rings. The maximum Gasteiger partial charge on any atom is 0.127 e. The van der Waals surface area contributed by atoms with Gasteiger partial charge in [0.1, 0.15) is 11.5 Å². The van der Waals surface area contributed by atoms with Crippen LogP contribution in [-0.4, -0.2) is 33.5 Å². The minimum absolute atomic E-state index is 0.00129. The van der Waals surface area contributed by atoms with E-state index in [1.807, 2.05) is 25.3 Å². The van der Waals surface area contributed by atoms with Crippen molar-refractivity contribution in [1.29, 1.82) is 0 Å². The second-order valence-corrected chi connectivity index (χ2v) is 5.63. The van der Waals surface area contributed by atoms with E-state index in [9.17, 15) is 0 Å². The zero-order chi connectivity index (χ0) is 15.3. The summed E-state index contributed by atoms with van der Waals surface area (Å²) >= 11 is 0. The summed E-state index contributed by atoms with van der Waals surface area (Å²) in [6, 6.07) is 6.10. The summed E-state index contributed by atoms with van der Waals surface area (Å²) in [5.41, 5.74) is 1.09. The number of hydrogen-bond donors (Lipinski definition) is 1. The highest BCUT2D eigenvalue weighted by molar-refractivity contribution is 5.47. The van der Waals surface area contributed by atoms with Crippen molar-refractivity contribution in [3.8, 4) is 11.5 Å². The third kappa shape index (κ3) is 3.33.